The van der Waals surface area contributed by atoms with Gasteiger partial charge in [-0.05, 0) is 30.3 Å². The van der Waals surface area contributed by atoms with Gasteiger partial charge in [0, 0.05) is 16.7 Å². The monoisotopic (exact) mass is 306 g/mol. The molecule has 6 nitrogen and oxygen atoms in total. The van der Waals surface area contributed by atoms with Crippen molar-refractivity contribution in [3.05, 3.63) is 63.2 Å². The van der Waals surface area contributed by atoms with Crippen molar-refractivity contribution < 1.29 is 14.5 Å². The highest BCUT2D eigenvalue weighted by atomic mass is 35.5. The number of ether oxygens (including phenoxy) is 1. The van der Waals surface area contributed by atoms with Gasteiger partial charge in [0.15, 0.2) is 0 Å². The van der Waals surface area contributed by atoms with Crippen LogP contribution in [0.25, 0.3) is 0 Å². The lowest BCUT2D eigenvalue weighted by Gasteiger charge is -2.07. The summed E-state index contributed by atoms with van der Waals surface area (Å²) in [5, 5.41) is 15.2. The van der Waals surface area contributed by atoms with Crippen molar-refractivity contribution in [2.24, 2.45) is 5.16 Å². The first-order chi connectivity index (χ1) is 10.1. The van der Waals surface area contributed by atoms with Crippen LogP contribution in [-0.4, -0.2) is 18.2 Å². The Labute approximate surface area is 125 Å². The summed E-state index contributed by atoms with van der Waals surface area (Å²) in [6.07, 6.45) is 1.37. The van der Waals surface area contributed by atoms with Gasteiger partial charge in [-0.1, -0.05) is 22.8 Å². The minimum absolute atomic E-state index is 0.122. The van der Waals surface area contributed by atoms with E-state index in [-0.39, 0.29) is 11.4 Å². The normalized spacial score (nSPS) is 10.6. The maximum atomic E-state index is 11.1. The average molecular weight is 307 g/mol. The third kappa shape index (κ3) is 3.93. The van der Waals surface area contributed by atoms with Gasteiger partial charge in [-0.3, -0.25) is 10.1 Å². The van der Waals surface area contributed by atoms with E-state index >= 15 is 0 Å². The molecule has 0 aromatic heterocycles. The Morgan fingerprint density at radius 1 is 1.29 bits per heavy atom. The van der Waals surface area contributed by atoms with Crippen LogP contribution in [0.2, 0.25) is 5.02 Å². The fraction of sp³-hybridized carbons (Fsp3) is 0.0714. The van der Waals surface area contributed by atoms with Gasteiger partial charge in [0.25, 0.3) is 0 Å². The van der Waals surface area contributed by atoms with E-state index in [9.17, 15) is 10.1 Å². The summed E-state index contributed by atoms with van der Waals surface area (Å²) >= 11 is 5.85. The largest absolute Gasteiger partial charge is 0.450 e. The summed E-state index contributed by atoms with van der Waals surface area (Å²) in [6, 6.07) is 11.1. The van der Waals surface area contributed by atoms with E-state index in [0.717, 1.165) is 0 Å². The van der Waals surface area contributed by atoms with Crippen LogP contribution in [0.5, 0.6) is 11.5 Å². The predicted molar refractivity (Wildman–Crippen MR) is 79.2 cm³/mol. The summed E-state index contributed by atoms with van der Waals surface area (Å²) in [5.74, 6) is 0.542. The number of benzene rings is 2. The molecule has 0 aliphatic heterocycles. The fourth-order valence-electron chi connectivity index (χ4n) is 1.61. The summed E-state index contributed by atoms with van der Waals surface area (Å²) < 4.78 is 5.51. The van der Waals surface area contributed by atoms with E-state index in [1.165, 1.54) is 25.5 Å². The molecule has 0 saturated heterocycles. The minimum atomic E-state index is -0.524. The van der Waals surface area contributed by atoms with Crippen LogP contribution in [0.3, 0.4) is 0 Å². The Morgan fingerprint density at radius 3 is 2.76 bits per heavy atom. The Kier molecular flexibility index (Phi) is 4.73. The molecule has 0 atom stereocenters. The molecule has 0 aliphatic carbocycles. The zero-order chi connectivity index (χ0) is 15.2. The molecule has 0 unspecified atom stereocenters. The van der Waals surface area contributed by atoms with E-state index < -0.39 is 4.92 Å². The fourth-order valence-corrected chi connectivity index (χ4v) is 1.79. The van der Waals surface area contributed by atoms with Crippen molar-refractivity contribution in [3.8, 4) is 11.5 Å². The Bertz CT molecular complexity index is 688. The summed E-state index contributed by atoms with van der Waals surface area (Å²) in [6.45, 7) is 0. The number of halogens is 1. The first-order valence-electron chi connectivity index (χ1n) is 5.88. The molecule has 0 radical (unpaired) electrons. The second-order valence-corrected chi connectivity index (χ2v) is 4.40. The number of rotatable bonds is 5. The number of nitro benzene ring substituents is 1. The smallest absolute Gasteiger partial charge is 0.312 e. The highest BCUT2D eigenvalue weighted by Gasteiger charge is 2.16. The van der Waals surface area contributed by atoms with E-state index in [1.807, 2.05) is 0 Å². The van der Waals surface area contributed by atoms with Crippen molar-refractivity contribution >= 4 is 23.5 Å². The van der Waals surface area contributed by atoms with E-state index in [0.29, 0.717) is 16.3 Å². The molecule has 2 aromatic rings. The maximum Gasteiger partial charge on any atom is 0.312 e. The third-order valence-electron chi connectivity index (χ3n) is 2.51. The quantitative estimate of drug-likeness (QED) is 0.475. The Morgan fingerprint density at radius 2 is 2.10 bits per heavy atom. The van der Waals surface area contributed by atoms with Crippen LogP contribution >= 0.6 is 11.6 Å². The molecule has 0 fully saturated rings. The van der Waals surface area contributed by atoms with E-state index in [1.54, 1.807) is 30.3 Å². The van der Waals surface area contributed by atoms with Gasteiger partial charge in [-0.2, -0.15) is 0 Å². The summed E-state index contributed by atoms with van der Waals surface area (Å²) in [5.41, 5.74) is 0.358. The Balaban J connectivity index is 2.34. The molecule has 7 heteroatoms. The van der Waals surface area contributed by atoms with Crippen LogP contribution in [-0.2, 0) is 4.84 Å². The molecule has 108 valence electrons. The van der Waals surface area contributed by atoms with Crippen LogP contribution in [0, 0.1) is 10.1 Å². The molecule has 0 saturated carbocycles. The van der Waals surface area contributed by atoms with Crippen molar-refractivity contribution in [3.63, 3.8) is 0 Å². The SMILES string of the molecule is CO/N=C\c1ccc(Oc2cccc(Cl)c2)c([N+](=O)[O-])c1. The topological polar surface area (TPSA) is 74.0 Å². The van der Waals surface area contributed by atoms with Crippen LogP contribution in [0.15, 0.2) is 47.6 Å². The average Bonchev–Trinajstić information content (AvgIpc) is 2.46. The molecule has 2 aromatic carbocycles. The van der Waals surface area contributed by atoms with Gasteiger partial charge in [-0.25, -0.2) is 0 Å². The van der Waals surface area contributed by atoms with E-state index in [2.05, 4.69) is 9.99 Å². The minimum Gasteiger partial charge on any atom is -0.450 e. The van der Waals surface area contributed by atoms with Gasteiger partial charge in [0.1, 0.15) is 12.9 Å². The number of hydrogen-bond donors (Lipinski definition) is 0. The van der Waals surface area contributed by atoms with Crippen molar-refractivity contribution in [1.82, 2.24) is 0 Å². The second kappa shape index (κ2) is 6.71. The zero-order valence-electron chi connectivity index (χ0n) is 11.0. The van der Waals surface area contributed by atoms with Crippen LogP contribution in [0.1, 0.15) is 5.56 Å². The molecule has 0 amide bonds. The van der Waals surface area contributed by atoms with Crippen LogP contribution < -0.4 is 4.74 Å². The van der Waals surface area contributed by atoms with Gasteiger partial charge >= 0.3 is 5.69 Å². The molecule has 0 N–H and O–H groups in total. The lowest BCUT2D eigenvalue weighted by atomic mass is 10.2. The van der Waals surface area contributed by atoms with Crippen molar-refractivity contribution in [2.75, 3.05) is 7.11 Å². The molecule has 0 bridgehead atoms. The van der Waals surface area contributed by atoms with Crippen molar-refractivity contribution in [1.29, 1.82) is 0 Å². The van der Waals surface area contributed by atoms with Crippen molar-refractivity contribution in [2.45, 2.75) is 0 Å². The zero-order valence-corrected chi connectivity index (χ0v) is 11.8. The molecule has 0 heterocycles. The van der Waals surface area contributed by atoms with Crippen LogP contribution in [0.4, 0.5) is 5.69 Å². The second-order valence-electron chi connectivity index (χ2n) is 3.96. The molecule has 0 spiro atoms. The third-order valence-corrected chi connectivity index (χ3v) is 2.75. The number of oxime groups is 1. The van der Waals surface area contributed by atoms with Gasteiger partial charge in [0.2, 0.25) is 5.75 Å². The number of hydrogen-bond acceptors (Lipinski definition) is 5. The lowest BCUT2D eigenvalue weighted by molar-refractivity contribution is -0.385. The van der Waals surface area contributed by atoms with Gasteiger partial charge in [-0.15, -0.1) is 0 Å². The number of nitro groups is 1. The predicted octanol–water partition coefficient (Wildman–Crippen LogP) is 4.02. The summed E-state index contributed by atoms with van der Waals surface area (Å²) in [7, 11) is 1.39. The van der Waals surface area contributed by atoms with Gasteiger partial charge < -0.3 is 9.57 Å². The number of nitrogens with zero attached hydrogens (tertiary/aromatic N) is 2. The maximum absolute atomic E-state index is 11.1. The van der Waals surface area contributed by atoms with Gasteiger partial charge in [0.05, 0.1) is 11.1 Å². The van der Waals surface area contributed by atoms with E-state index in [4.69, 9.17) is 16.3 Å². The summed E-state index contributed by atoms with van der Waals surface area (Å²) in [4.78, 5) is 15.1. The molecular weight excluding hydrogens is 296 g/mol. The molecule has 0 aliphatic rings. The first kappa shape index (κ1) is 14.8. The standard InChI is InChI=1S/C14H11ClN2O4/c1-20-16-9-10-5-6-14(13(7-10)17(18)19)21-12-4-2-3-11(15)8-12/h2-9H,1H3/b16-9-. The molecular formula is C14H11ClN2O4. The molecule has 21 heavy (non-hydrogen) atoms. The highest BCUT2D eigenvalue weighted by molar-refractivity contribution is 6.30. The lowest BCUT2D eigenvalue weighted by Crippen LogP contribution is -1.95. The highest BCUT2D eigenvalue weighted by Crippen LogP contribution is 2.32. The Hall–Kier alpha value is -2.60. The first-order valence-corrected chi connectivity index (χ1v) is 6.26. The molecule has 2 rings (SSSR count).